The second-order valence-corrected chi connectivity index (χ2v) is 6.61. The number of carbonyl (C=O) groups excluding carboxylic acids is 2. The summed E-state index contributed by atoms with van der Waals surface area (Å²) >= 11 is 0. The number of carbonyl (C=O) groups is 2. The summed E-state index contributed by atoms with van der Waals surface area (Å²) < 4.78 is 5.97. The Kier molecular flexibility index (Phi) is 4.20. The van der Waals surface area contributed by atoms with Gasteiger partial charge in [-0.25, -0.2) is 0 Å². The fraction of sp³-hybridized carbons (Fsp3) is 0.136. The molecule has 4 rings (SSSR count). The first-order chi connectivity index (χ1) is 13.0. The molecule has 2 aromatic carbocycles. The molecule has 0 fully saturated rings. The molecule has 0 saturated heterocycles. The van der Waals surface area contributed by atoms with Crippen molar-refractivity contribution < 1.29 is 14.3 Å². The van der Waals surface area contributed by atoms with Gasteiger partial charge < -0.3 is 10.5 Å². The molecule has 1 amide bonds. The maximum Gasteiger partial charge on any atom is 0.248 e. The number of nitrogens with zero attached hydrogens (tertiary/aromatic N) is 1. The minimum atomic E-state index is -0.445. The van der Waals surface area contributed by atoms with Gasteiger partial charge in [0.1, 0.15) is 11.5 Å². The third-order valence-corrected chi connectivity index (χ3v) is 4.75. The lowest BCUT2D eigenvalue weighted by Crippen LogP contribution is -2.12. The van der Waals surface area contributed by atoms with Crippen LogP contribution >= 0.6 is 0 Å². The Bertz CT molecular complexity index is 1070. The molecule has 1 aliphatic rings. The molecule has 27 heavy (non-hydrogen) atoms. The number of primary amides is 1. The maximum atomic E-state index is 11.8. The molecule has 5 nitrogen and oxygen atoms in total. The fourth-order valence-electron chi connectivity index (χ4n) is 3.36. The lowest BCUT2D eigenvalue weighted by molar-refractivity contribution is 0.0988. The third kappa shape index (κ3) is 3.31. The number of aromatic nitrogens is 1. The molecular weight excluding hydrogens is 340 g/mol. The number of nitrogens with two attached hydrogens (primary N) is 1. The summed E-state index contributed by atoms with van der Waals surface area (Å²) in [5.74, 6) is 1.10. The molecule has 5 heteroatoms. The van der Waals surface area contributed by atoms with Crippen LogP contribution < -0.4 is 10.5 Å². The van der Waals surface area contributed by atoms with Crippen molar-refractivity contribution in [1.82, 2.24) is 4.98 Å². The van der Waals surface area contributed by atoms with Gasteiger partial charge in [0.15, 0.2) is 5.78 Å². The average Bonchev–Trinajstić information content (AvgIpc) is 3.02. The Balaban J connectivity index is 1.61. The Labute approximate surface area is 156 Å². The number of Topliss-reactive ketones (excluding diaryl/α,β-unsaturated/α-hetero) is 1. The normalized spacial score (nSPS) is 12.7. The van der Waals surface area contributed by atoms with Gasteiger partial charge in [-0.3, -0.25) is 14.6 Å². The van der Waals surface area contributed by atoms with Crippen LogP contribution in [0.5, 0.6) is 11.5 Å². The van der Waals surface area contributed by atoms with Gasteiger partial charge in [0, 0.05) is 35.4 Å². The van der Waals surface area contributed by atoms with Crippen LogP contribution in [0.15, 0.2) is 54.7 Å². The van der Waals surface area contributed by atoms with Crippen molar-refractivity contribution in [3.63, 3.8) is 0 Å². The van der Waals surface area contributed by atoms with Crippen LogP contribution in [0.3, 0.4) is 0 Å². The Morgan fingerprint density at radius 2 is 1.85 bits per heavy atom. The summed E-state index contributed by atoms with van der Waals surface area (Å²) in [5, 5.41) is 0. The number of ketones is 1. The molecule has 1 aliphatic carbocycles. The molecule has 0 radical (unpaired) electrons. The Morgan fingerprint density at radius 1 is 1.04 bits per heavy atom. The van der Waals surface area contributed by atoms with Crippen LogP contribution in [0, 0.1) is 6.92 Å². The van der Waals surface area contributed by atoms with E-state index in [-0.39, 0.29) is 5.78 Å². The third-order valence-electron chi connectivity index (χ3n) is 4.75. The van der Waals surface area contributed by atoms with Gasteiger partial charge in [0.05, 0.1) is 5.69 Å². The van der Waals surface area contributed by atoms with Gasteiger partial charge >= 0.3 is 0 Å². The van der Waals surface area contributed by atoms with E-state index >= 15 is 0 Å². The summed E-state index contributed by atoms with van der Waals surface area (Å²) in [6, 6.07) is 14.6. The number of fused-ring (bicyclic) bond motifs is 1. The molecule has 3 aromatic rings. The monoisotopic (exact) mass is 358 g/mol. The zero-order chi connectivity index (χ0) is 19.0. The Hall–Kier alpha value is -3.47. The molecule has 0 spiro atoms. The quantitative estimate of drug-likeness (QED) is 0.762. The number of pyridine rings is 1. The highest BCUT2D eigenvalue weighted by Crippen LogP contribution is 2.30. The van der Waals surface area contributed by atoms with Crippen molar-refractivity contribution in [3.8, 4) is 22.8 Å². The van der Waals surface area contributed by atoms with Gasteiger partial charge in [0.25, 0.3) is 0 Å². The molecule has 0 atom stereocenters. The van der Waals surface area contributed by atoms with E-state index in [1.807, 2.05) is 43.3 Å². The van der Waals surface area contributed by atoms with Crippen LogP contribution in [-0.4, -0.2) is 16.7 Å². The van der Waals surface area contributed by atoms with Gasteiger partial charge in [-0.15, -0.1) is 0 Å². The summed E-state index contributed by atoms with van der Waals surface area (Å²) in [6.45, 7) is 1.84. The Morgan fingerprint density at radius 3 is 2.63 bits per heavy atom. The van der Waals surface area contributed by atoms with E-state index in [0.29, 0.717) is 23.5 Å². The van der Waals surface area contributed by atoms with E-state index in [0.717, 1.165) is 34.4 Å². The van der Waals surface area contributed by atoms with Crippen molar-refractivity contribution >= 4 is 11.7 Å². The molecule has 0 bridgehead atoms. The van der Waals surface area contributed by atoms with Crippen LogP contribution in [0.2, 0.25) is 0 Å². The van der Waals surface area contributed by atoms with E-state index in [1.165, 1.54) is 0 Å². The molecule has 1 heterocycles. The molecule has 0 unspecified atom stereocenters. The number of amides is 1. The summed E-state index contributed by atoms with van der Waals surface area (Å²) in [5.41, 5.74) is 10.1. The molecule has 2 N–H and O–H groups in total. The zero-order valence-electron chi connectivity index (χ0n) is 14.9. The first-order valence-electron chi connectivity index (χ1n) is 8.72. The molecular formula is C22H18N2O3. The van der Waals surface area contributed by atoms with E-state index < -0.39 is 5.91 Å². The van der Waals surface area contributed by atoms with Crippen molar-refractivity contribution in [3.05, 3.63) is 77.0 Å². The van der Waals surface area contributed by atoms with Crippen LogP contribution in [0.25, 0.3) is 11.3 Å². The van der Waals surface area contributed by atoms with Crippen LogP contribution in [0.1, 0.15) is 38.3 Å². The number of hydrogen-bond acceptors (Lipinski definition) is 4. The number of benzene rings is 2. The molecule has 0 aliphatic heterocycles. The van der Waals surface area contributed by atoms with Crippen molar-refractivity contribution in [2.24, 2.45) is 5.73 Å². The average molecular weight is 358 g/mol. The second-order valence-electron chi connectivity index (χ2n) is 6.61. The predicted octanol–water partition coefficient (Wildman–Crippen LogP) is 4.08. The van der Waals surface area contributed by atoms with Gasteiger partial charge in [0.2, 0.25) is 5.91 Å². The van der Waals surface area contributed by atoms with Gasteiger partial charge in [-0.05, 0) is 60.9 Å². The standard InChI is InChI=1S/C22H18N2O3/c1-13-10-15(2-5-18(13)22(23)26)20-12-17(8-9-24-20)27-16-4-6-19-14(11-16)3-7-21(19)25/h2,4-6,8-12H,3,7H2,1H3,(H2,23,26). The highest BCUT2D eigenvalue weighted by atomic mass is 16.5. The van der Waals surface area contributed by atoms with E-state index in [1.54, 1.807) is 18.3 Å². The van der Waals surface area contributed by atoms with Crippen LogP contribution in [0.4, 0.5) is 0 Å². The molecule has 134 valence electrons. The predicted molar refractivity (Wildman–Crippen MR) is 102 cm³/mol. The number of ether oxygens (including phenoxy) is 1. The topological polar surface area (TPSA) is 82.3 Å². The first kappa shape index (κ1) is 17.0. The van der Waals surface area contributed by atoms with E-state index in [4.69, 9.17) is 10.5 Å². The molecule has 1 aromatic heterocycles. The van der Waals surface area contributed by atoms with Gasteiger partial charge in [-0.2, -0.15) is 0 Å². The van der Waals surface area contributed by atoms with Gasteiger partial charge in [-0.1, -0.05) is 6.07 Å². The number of rotatable bonds is 4. The molecule has 0 saturated carbocycles. The summed E-state index contributed by atoms with van der Waals surface area (Å²) in [7, 11) is 0. The smallest absolute Gasteiger partial charge is 0.248 e. The lowest BCUT2D eigenvalue weighted by atomic mass is 10.0. The minimum absolute atomic E-state index is 0.192. The number of aryl methyl sites for hydroxylation is 2. The summed E-state index contributed by atoms with van der Waals surface area (Å²) in [6.07, 6.45) is 3.01. The van der Waals surface area contributed by atoms with E-state index in [9.17, 15) is 9.59 Å². The fourth-order valence-corrected chi connectivity index (χ4v) is 3.36. The van der Waals surface area contributed by atoms with Crippen molar-refractivity contribution in [1.29, 1.82) is 0 Å². The highest BCUT2D eigenvalue weighted by molar-refractivity contribution is 6.00. The van der Waals surface area contributed by atoms with Crippen molar-refractivity contribution in [2.75, 3.05) is 0 Å². The van der Waals surface area contributed by atoms with Crippen LogP contribution in [-0.2, 0) is 6.42 Å². The highest BCUT2D eigenvalue weighted by Gasteiger charge is 2.19. The number of hydrogen-bond donors (Lipinski definition) is 1. The SMILES string of the molecule is Cc1cc(-c2cc(Oc3ccc4c(c3)CCC4=O)ccn2)ccc1C(N)=O. The lowest BCUT2D eigenvalue weighted by Gasteiger charge is -2.10. The summed E-state index contributed by atoms with van der Waals surface area (Å²) in [4.78, 5) is 27.5. The first-order valence-corrected chi connectivity index (χ1v) is 8.72. The van der Waals surface area contributed by atoms with Crippen molar-refractivity contribution in [2.45, 2.75) is 19.8 Å². The second kappa shape index (κ2) is 6.68. The maximum absolute atomic E-state index is 11.8. The minimum Gasteiger partial charge on any atom is -0.457 e. The largest absolute Gasteiger partial charge is 0.457 e. The van der Waals surface area contributed by atoms with E-state index in [2.05, 4.69) is 4.98 Å². The zero-order valence-corrected chi connectivity index (χ0v) is 14.9.